The van der Waals surface area contributed by atoms with Gasteiger partial charge in [-0.25, -0.2) is 78.2 Å². The largest absolute Gasteiger partial charge is 0.493 e. The number of carbonyl (C=O) groups is 8. The van der Waals surface area contributed by atoms with E-state index in [1.54, 1.807) is 121 Å². The number of thiocyanates is 1. The number of hydrogen-bond acceptors (Lipinski definition) is 27. The molecule has 2 aromatic carbocycles. The fourth-order valence-electron chi connectivity index (χ4n) is 12.7. The molecule has 0 fully saturated rings. The van der Waals surface area contributed by atoms with Gasteiger partial charge < -0.3 is 56.1 Å². The summed E-state index contributed by atoms with van der Waals surface area (Å²) < 4.78 is 12.6. The van der Waals surface area contributed by atoms with E-state index >= 15 is 0 Å². The van der Waals surface area contributed by atoms with E-state index in [0.29, 0.717) is 105 Å². The van der Waals surface area contributed by atoms with Crippen LogP contribution >= 0.6 is 11.8 Å². The summed E-state index contributed by atoms with van der Waals surface area (Å²) in [6.07, 6.45) is 1.11. The van der Waals surface area contributed by atoms with Crippen molar-refractivity contribution in [1.82, 2.24) is 69.4 Å². The number of rotatable bonds is 41. The zero-order chi connectivity index (χ0) is 86.6. The van der Waals surface area contributed by atoms with Crippen molar-refractivity contribution in [2.75, 3.05) is 18.9 Å². The van der Waals surface area contributed by atoms with Crippen molar-refractivity contribution in [2.24, 2.45) is 0 Å². The van der Waals surface area contributed by atoms with Crippen molar-refractivity contribution in [2.45, 2.75) is 96.3 Å². The number of nitriles is 1. The maximum absolute atomic E-state index is 11.8. The van der Waals surface area contributed by atoms with Gasteiger partial charge in [0.15, 0.2) is 0 Å². The van der Waals surface area contributed by atoms with Crippen LogP contribution in [0.1, 0.15) is 163 Å². The molecule has 0 bridgehead atoms. The van der Waals surface area contributed by atoms with Crippen molar-refractivity contribution in [3.63, 3.8) is 0 Å². The number of aromatic nitrogens is 10. The second kappa shape index (κ2) is 42.8. The van der Waals surface area contributed by atoms with Crippen LogP contribution in [-0.4, -0.2) is 171 Å². The minimum absolute atomic E-state index is 0.131. The molecular formula is C87H78N16O18S. The Hall–Kier alpha value is -15.2. The summed E-state index contributed by atoms with van der Waals surface area (Å²) >= 11 is 1.07. The fraction of sp³-hybridized carbons (Fsp3) is 0.184. The monoisotopic (exact) mass is 1670 g/mol. The third-order valence-corrected chi connectivity index (χ3v) is 18.6. The average molecular weight is 1670 g/mol. The van der Waals surface area contributed by atoms with Crippen LogP contribution in [0.5, 0.6) is 11.5 Å². The third kappa shape index (κ3) is 27.2. The Labute approximate surface area is 700 Å². The van der Waals surface area contributed by atoms with Crippen LogP contribution in [0.3, 0.4) is 0 Å². The van der Waals surface area contributed by atoms with Crippen LogP contribution in [0, 0.1) is 10.7 Å². The number of carboxylic acid groups (broad SMARTS) is 8. The van der Waals surface area contributed by atoms with Crippen LogP contribution in [0.25, 0.3) is 0 Å². The summed E-state index contributed by atoms with van der Waals surface area (Å²) in [4.78, 5) is 147. The Bertz CT molecular complexity index is 5300. The van der Waals surface area contributed by atoms with Crippen molar-refractivity contribution < 1.29 is 88.7 Å². The Kier molecular flexibility index (Phi) is 30.7. The first-order valence-corrected chi connectivity index (χ1v) is 38.3. The van der Waals surface area contributed by atoms with Gasteiger partial charge in [-0.3, -0.25) is 29.6 Å². The number of thioether (sulfide) groups is 1. The maximum Gasteiger partial charge on any atom is 0.354 e. The molecule has 35 heteroatoms. The molecule has 0 unspecified atom stereocenters. The lowest BCUT2D eigenvalue weighted by molar-refractivity contribution is 0.0678. The van der Waals surface area contributed by atoms with Gasteiger partial charge in [0.1, 0.15) is 62.5 Å². The van der Waals surface area contributed by atoms with Crippen LogP contribution in [0.15, 0.2) is 223 Å². The van der Waals surface area contributed by atoms with Gasteiger partial charge in [-0.05, 0) is 144 Å². The van der Waals surface area contributed by atoms with Gasteiger partial charge in [-0.1, -0.05) is 72.8 Å². The maximum atomic E-state index is 11.8. The molecule has 0 spiro atoms. The van der Waals surface area contributed by atoms with E-state index in [2.05, 4.69) is 45.3 Å². The summed E-state index contributed by atoms with van der Waals surface area (Å²) in [5.41, 5.74) is 13.0. The zero-order valence-corrected chi connectivity index (χ0v) is 65.8. The molecule has 0 radical (unpaired) electrons. The SMILES string of the molecule is N#CSc1ccc(CCOc2cc(CN(Cc3cccc(C(=O)O)n3)Cc3cccc(C(=O)O)n3)nc(CN(Cc3cccc(C(=O)O)n3)Cc3cccc(C(=O)O)n3)c2)cc1.Nc1ccc(CCOc2cc(CN(Cc3cccc(C(=O)O)n3)Cc3cccc(C(=O)O)n3)nc(CN(Cc3cccc(C(=O)O)n3)Cc3cccc(C(=O)O)n3)c2)cc1. The highest BCUT2D eigenvalue weighted by Crippen LogP contribution is 2.26. The van der Waals surface area contributed by atoms with Crippen molar-refractivity contribution in [3.05, 3.63) is 343 Å². The Morgan fingerprint density at radius 2 is 0.484 bits per heavy atom. The number of aromatic carboxylic acids is 8. The van der Waals surface area contributed by atoms with Gasteiger partial charge in [0, 0.05) is 126 Å². The third-order valence-electron chi connectivity index (χ3n) is 18.0. The predicted octanol–water partition coefficient (Wildman–Crippen LogP) is 11.1. The summed E-state index contributed by atoms with van der Waals surface area (Å²) in [6, 6.07) is 59.4. The van der Waals surface area contributed by atoms with Crippen LogP contribution in [0.2, 0.25) is 0 Å². The van der Waals surface area contributed by atoms with Crippen LogP contribution in [0.4, 0.5) is 5.69 Å². The molecule has 10 N–H and O–H groups in total. The van der Waals surface area contributed by atoms with E-state index < -0.39 is 47.8 Å². The van der Waals surface area contributed by atoms with Crippen molar-refractivity contribution >= 4 is 65.2 Å². The molecule has 12 rings (SSSR count). The van der Waals surface area contributed by atoms with E-state index in [4.69, 9.17) is 30.4 Å². The molecule has 122 heavy (non-hydrogen) atoms. The van der Waals surface area contributed by atoms with Crippen LogP contribution < -0.4 is 15.2 Å². The molecule has 0 aliphatic carbocycles. The van der Waals surface area contributed by atoms with Crippen LogP contribution in [-0.2, 0) is 91.4 Å². The number of nitrogens with two attached hydrogens (primary N) is 1. The van der Waals surface area contributed by atoms with E-state index in [0.717, 1.165) is 27.8 Å². The lowest BCUT2D eigenvalue weighted by atomic mass is 10.1. The van der Waals surface area contributed by atoms with E-state index in [9.17, 15) is 79.2 Å². The fourth-order valence-corrected chi connectivity index (χ4v) is 13.1. The number of benzene rings is 2. The van der Waals surface area contributed by atoms with E-state index in [1.807, 2.05) is 68.1 Å². The molecule has 0 saturated carbocycles. The lowest BCUT2D eigenvalue weighted by Gasteiger charge is -2.24. The molecule has 12 aromatic rings. The highest BCUT2D eigenvalue weighted by atomic mass is 32.2. The molecule has 620 valence electrons. The van der Waals surface area contributed by atoms with E-state index in [1.165, 1.54) is 48.5 Å². The topological polar surface area (TPSA) is 509 Å². The van der Waals surface area contributed by atoms with Gasteiger partial charge in [0.25, 0.3) is 0 Å². The molecular weight excluding hydrogens is 1590 g/mol. The Morgan fingerprint density at radius 1 is 0.287 bits per heavy atom. The smallest absolute Gasteiger partial charge is 0.354 e. The first kappa shape index (κ1) is 87.6. The minimum Gasteiger partial charge on any atom is -0.493 e. The van der Waals surface area contributed by atoms with Crippen molar-refractivity contribution in [3.8, 4) is 16.9 Å². The molecule has 0 aliphatic heterocycles. The Morgan fingerprint density at radius 3 is 0.680 bits per heavy atom. The first-order valence-electron chi connectivity index (χ1n) is 37.4. The molecule has 0 aliphatic rings. The predicted molar refractivity (Wildman–Crippen MR) is 437 cm³/mol. The van der Waals surface area contributed by atoms with E-state index in [-0.39, 0.29) is 131 Å². The zero-order valence-electron chi connectivity index (χ0n) is 65.0. The van der Waals surface area contributed by atoms with Gasteiger partial charge in [0.05, 0.1) is 81.5 Å². The number of nitrogens with zero attached hydrogens (tertiary/aromatic N) is 15. The minimum atomic E-state index is -1.19. The van der Waals surface area contributed by atoms with Gasteiger partial charge in [-0.2, -0.15) is 5.26 Å². The first-order chi connectivity index (χ1) is 58.8. The molecule has 10 heterocycles. The van der Waals surface area contributed by atoms with Gasteiger partial charge in [-0.15, -0.1) is 0 Å². The second-order valence-corrected chi connectivity index (χ2v) is 28.3. The number of anilines is 1. The second-order valence-electron chi connectivity index (χ2n) is 27.5. The number of carboxylic acids is 8. The molecule has 34 nitrogen and oxygen atoms in total. The van der Waals surface area contributed by atoms with Crippen molar-refractivity contribution in [1.29, 1.82) is 5.26 Å². The number of pyridine rings is 10. The standard InChI is InChI=1S/C44H38N8O9S.C43H40N8O9/c45-27-62-36-15-13-28(14-16-36)17-18-61-35-19-33(25-51(21-29-5-1-9-37(47-29)41(53)54)22-30-6-2-10-38(48-30)42(55)56)46-34(20-35)26-52(23-31-7-3-11-39(49-31)43(57)58)24-32-8-4-12-40(50-32)44(59)60;44-28-15-13-27(14-16-28)17-18-60-35-19-33(25-50(21-29-5-1-9-36(46-29)40(52)53)22-30-6-2-10-37(47-30)41(54)55)45-34(20-35)26-51(23-31-7-3-11-38(48-31)42(56)57)24-32-8-4-12-39(49-32)43(58)59/h1-16,19-20H,17-18,21-26H2,(H,53,54)(H,55,56)(H,57,58)(H,59,60);1-16,19-20H,17-18,21-26,44H2,(H,52,53)(H,54,55)(H,56,57)(H,58,59). The summed E-state index contributed by atoms with van der Waals surface area (Å²) in [7, 11) is 0. The quantitative estimate of drug-likeness (QED) is 0.00976. The molecule has 0 amide bonds. The highest BCUT2D eigenvalue weighted by molar-refractivity contribution is 8.03. The molecule has 10 aromatic heterocycles. The van der Waals surface area contributed by atoms with Gasteiger partial charge >= 0.3 is 47.8 Å². The molecule has 0 atom stereocenters. The molecule has 0 saturated heterocycles. The lowest BCUT2D eigenvalue weighted by Crippen LogP contribution is -2.26. The normalized spacial score (nSPS) is 11.0. The number of hydrogen-bond donors (Lipinski definition) is 9. The Balaban J connectivity index is 0.000000238. The number of nitrogen functional groups attached to an aromatic ring is 1. The highest BCUT2D eigenvalue weighted by Gasteiger charge is 2.23. The van der Waals surface area contributed by atoms with Gasteiger partial charge in [0.2, 0.25) is 0 Å². The number of ether oxygens (including phenoxy) is 2. The average Bonchev–Trinajstić information content (AvgIpc) is 0.821. The summed E-state index contributed by atoms with van der Waals surface area (Å²) in [5.74, 6) is -8.56. The summed E-state index contributed by atoms with van der Waals surface area (Å²) in [6.45, 7) is 2.27. The summed E-state index contributed by atoms with van der Waals surface area (Å²) in [5, 5.41) is 88.0.